The van der Waals surface area contributed by atoms with Gasteiger partial charge in [-0.25, -0.2) is 0 Å². The fourth-order valence-electron chi connectivity index (χ4n) is 2.98. The van der Waals surface area contributed by atoms with Crippen LogP contribution in [0.15, 0.2) is 47.4 Å². The number of amides is 2. The first-order chi connectivity index (χ1) is 12.5. The monoisotopic (exact) mass is 373 g/mol. The Bertz CT molecular complexity index is 827. The second-order valence-electron chi connectivity index (χ2n) is 6.27. The van der Waals surface area contributed by atoms with Gasteiger partial charge in [0.25, 0.3) is 5.91 Å². The van der Waals surface area contributed by atoms with E-state index in [-0.39, 0.29) is 17.4 Å². The third kappa shape index (κ3) is 4.52. The predicted molar refractivity (Wildman–Crippen MR) is 99.3 cm³/mol. The molecule has 1 aliphatic heterocycles. The lowest BCUT2D eigenvalue weighted by Crippen LogP contribution is -2.38. The van der Waals surface area contributed by atoms with Crippen LogP contribution in [0, 0.1) is 0 Å². The maximum absolute atomic E-state index is 12.6. The SMILES string of the molecule is O=C(Cc1ccc(Cl)cc1)N1CCCN(C(=O)c2ccc(=O)[nH]c2)CC1. The molecule has 3 rings (SSSR count). The van der Waals surface area contributed by atoms with Crippen molar-refractivity contribution in [2.24, 2.45) is 0 Å². The maximum atomic E-state index is 12.6. The summed E-state index contributed by atoms with van der Waals surface area (Å²) in [4.78, 5) is 42.3. The fourth-order valence-corrected chi connectivity index (χ4v) is 3.11. The molecular formula is C19H20ClN3O3. The Morgan fingerprint density at radius 3 is 2.35 bits per heavy atom. The summed E-state index contributed by atoms with van der Waals surface area (Å²) in [6.45, 7) is 2.19. The second kappa shape index (κ2) is 8.19. The van der Waals surface area contributed by atoms with E-state index < -0.39 is 0 Å². The highest BCUT2D eigenvalue weighted by molar-refractivity contribution is 6.30. The largest absolute Gasteiger partial charge is 0.341 e. The first-order valence-electron chi connectivity index (χ1n) is 8.53. The first kappa shape index (κ1) is 18.2. The second-order valence-corrected chi connectivity index (χ2v) is 6.71. The molecule has 1 aliphatic rings. The van der Waals surface area contributed by atoms with Crippen molar-refractivity contribution in [3.05, 3.63) is 69.1 Å². The van der Waals surface area contributed by atoms with Gasteiger partial charge < -0.3 is 14.8 Å². The van der Waals surface area contributed by atoms with Crippen molar-refractivity contribution in [2.75, 3.05) is 26.2 Å². The van der Waals surface area contributed by atoms with Gasteiger partial charge in [0.2, 0.25) is 11.5 Å². The Hall–Kier alpha value is -2.60. The number of halogens is 1. The Morgan fingerprint density at radius 2 is 1.65 bits per heavy atom. The van der Waals surface area contributed by atoms with Crippen LogP contribution in [-0.2, 0) is 11.2 Å². The molecule has 26 heavy (non-hydrogen) atoms. The lowest BCUT2D eigenvalue weighted by atomic mass is 10.1. The molecule has 136 valence electrons. The molecule has 0 bridgehead atoms. The van der Waals surface area contributed by atoms with Gasteiger partial charge in [-0.1, -0.05) is 23.7 Å². The lowest BCUT2D eigenvalue weighted by molar-refractivity contribution is -0.130. The van der Waals surface area contributed by atoms with Crippen molar-refractivity contribution in [2.45, 2.75) is 12.8 Å². The van der Waals surface area contributed by atoms with E-state index >= 15 is 0 Å². The van der Waals surface area contributed by atoms with Crippen molar-refractivity contribution < 1.29 is 9.59 Å². The Morgan fingerprint density at radius 1 is 0.962 bits per heavy atom. The van der Waals surface area contributed by atoms with Crippen LogP contribution in [0.1, 0.15) is 22.3 Å². The highest BCUT2D eigenvalue weighted by Gasteiger charge is 2.23. The van der Waals surface area contributed by atoms with Gasteiger partial charge in [0.15, 0.2) is 0 Å². The predicted octanol–water partition coefficient (Wildman–Crippen LogP) is 1.95. The minimum absolute atomic E-state index is 0.0469. The zero-order valence-corrected chi connectivity index (χ0v) is 15.0. The number of nitrogens with one attached hydrogen (secondary N) is 1. The molecule has 2 heterocycles. The molecular weight excluding hydrogens is 354 g/mol. The third-order valence-corrected chi connectivity index (χ3v) is 4.69. The topological polar surface area (TPSA) is 73.5 Å². The van der Waals surface area contributed by atoms with Crippen molar-refractivity contribution in [1.82, 2.24) is 14.8 Å². The maximum Gasteiger partial charge on any atom is 0.255 e. The molecule has 0 atom stereocenters. The molecule has 0 radical (unpaired) electrons. The van der Waals surface area contributed by atoms with Crippen LogP contribution >= 0.6 is 11.6 Å². The Labute approximate surface area is 156 Å². The van der Waals surface area contributed by atoms with Crippen molar-refractivity contribution in [3.63, 3.8) is 0 Å². The number of hydrogen-bond donors (Lipinski definition) is 1. The van der Waals surface area contributed by atoms with Gasteiger partial charge >= 0.3 is 0 Å². The van der Waals surface area contributed by atoms with Crippen LogP contribution in [0.4, 0.5) is 0 Å². The van der Waals surface area contributed by atoms with Gasteiger partial charge in [0.1, 0.15) is 0 Å². The van der Waals surface area contributed by atoms with E-state index in [0.29, 0.717) is 43.2 Å². The quantitative estimate of drug-likeness (QED) is 0.893. The van der Waals surface area contributed by atoms with Crippen LogP contribution < -0.4 is 5.56 Å². The summed E-state index contributed by atoms with van der Waals surface area (Å²) in [5, 5.41) is 0.646. The molecule has 0 saturated carbocycles. The van der Waals surface area contributed by atoms with Crippen molar-refractivity contribution in [3.8, 4) is 0 Å². The van der Waals surface area contributed by atoms with Crippen molar-refractivity contribution in [1.29, 1.82) is 0 Å². The molecule has 0 aliphatic carbocycles. The van der Waals surface area contributed by atoms with E-state index in [2.05, 4.69) is 4.98 Å². The van der Waals surface area contributed by atoms with Crippen LogP contribution in [-0.4, -0.2) is 52.8 Å². The normalized spacial score (nSPS) is 14.8. The number of H-pyrrole nitrogens is 1. The number of nitrogens with zero attached hydrogens (tertiary/aromatic N) is 2. The Kier molecular flexibility index (Phi) is 5.73. The van der Waals surface area contributed by atoms with Gasteiger partial charge in [0.05, 0.1) is 12.0 Å². The average Bonchev–Trinajstić information content (AvgIpc) is 2.90. The van der Waals surface area contributed by atoms with E-state index in [9.17, 15) is 14.4 Å². The highest BCUT2D eigenvalue weighted by Crippen LogP contribution is 2.13. The summed E-state index contributed by atoms with van der Waals surface area (Å²) in [7, 11) is 0. The van der Waals surface area contributed by atoms with E-state index in [1.54, 1.807) is 21.9 Å². The summed E-state index contributed by atoms with van der Waals surface area (Å²) in [5.41, 5.74) is 1.13. The fraction of sp³-hybridized carbons (Fsp3) is 0.316. The number of pyridine rings is 1. The summed E-state index contributed by atoms with van der Waals surface area (Å²) >= 11 is 5.87. The van der Waals surface area contributed by atoms with E-state index in [0.717, 1.165) is 12.0 Å². The lowest BCUT2D eigenvalue weighted by Gasteiger charge is -2.22. The molecule has 1 saturated heterocycles. The molecule has 1 aromatic carbocycles. The minimum atomic E-state index is -0.239. The molecule has 1 fully saturated rings. The number of hydrogen-bond acceptors (Lipinski definition) is 3. The summed E-state index contributed by atoms with van der Waals surface area (Å²) in [6, 6.07) is 10.1. The number of rotatable bonds is 3. The number of aromatic amines is 1. The first-order valence-corrected chi connectivity index (χ1v) is 8.91. The minimum Gasteiger partial charge on any atom is -0.341 e. The van der Waals surface area contributed by atoms with Crippen LogP contribution in [0.2, 0.25) is 5.02 Å². The molecule has 0 unspecified atom stereocenters. The van der Waals surface area contributed by atoms with E-state index in [4.69, 9.17) is 11.6 Å². The van der Waals surface area contributed by atoms with E-state index in [1.807, 2.05) is 12.1 Å². The van der Waals surface area contributed by atoms with Gasteiger partial charge in [0, 0.05) is 43.5 Å². The van der Waals surface area contributed by atoms with Crippen molar-refractivity contribution >= 4 is 23.4 Å². The van der Waals surface area contributed by atoms with Gasteiger partial charge in [-0.3, -0.25) is 14.4 Å². The zero-order chi connectivity index (χ0) is 18.5. The number of carbonyl (C=O) groups is 2. The van der Waals surface area contributed by atoms with Gasteiger partial charge in [-0.05, 0) is 30.2 Å². The molecule has 7 heteroatoms. The molecule has 0 spiro atoms. The highest BCUT2D eigenvalue weighted by atomic mass is 35.5. The molecule has 2 aromatic rings. The third-order valence-electron chi connectivity index (χ3n) is 4.44. The Balaban J connectivity index is 1.59. The number of aromatic nitrogens is 1. The zero-order valence-electron chi connectivity index (χ0n) is 14.3. The van der Waals surface area contributed by atoms with Crippen LogP contribution in [0.25, 0.3) is 0 Å². The molecule has 1 aromatic heterocycles. The number of benzene rings is 1. The molecule has 1 N–H and O–H groups in total. The van der Waals surface area contributed by atoms with Crippen LogP contribution in [0.3, 0.4) is 0 Å². The summed E-state index contributed by atoms with van der Waals surface area (Å²) in [6.07, 6.45) is 2.48. The standard InChI is InChI=1S/C19H20ClN3O3/c20-16-5-2-14(3-6-16)12-18(25)22-8-1-9-23(11-10-22)19(26)15-4-7-17(24)21-13-15/h2-7,13H,1,8-12H2,(H,21,24). The average molecular weight is 374 g/mol. The summed E-state index contributed by atoms with van der Waals surface area (Å²) in [5.74, 6) is -0.0843. The van der Waals surface area contributed by atoms with E-state index in [1.165, 1.54) is 18.3 Å². The smallest absolute Gasteiger partial charge is 0.255 e. The summed E-state index contributed by atoms with van der Waals surface area (Å²) < 4.78 is 0. The molecule has 2 amide bonds. The number of carbonyl (C=O) groups excluding carboxylic acids is 2. The van der Waals surface area contributed by atoms with Gasteiger partial charge in [-0.2, -0.15) is 0 Å². The van der Waals surface area contributed by atoms with Crippen LogP contribution in [0.5, 0.6) is 0 Å². The molecule has 6 nitrogen and oxygen atoms in total. The van der Waals surface area contributed by atoms with Gasteiger partial charge in [-0.15, -0.1) is 0 Å².